The third kappa shape index (κ3) is 2.95. The van der Waals surface area contributed by atoms with E-state index < -0.39 is 4.92 Å². The number of rotatable bonds is 3. The maximum Gasteiger partial charge on any atom is 0.274 e. The molecule has 1 heterocycles. The zero-order valence-corrected chi connectivity index (χ0v) is 10.6. The summed E-state index contributed by atoms with van der Waals surface area (Å²) in [5.74, 6) is 0.755. The second kappa shape index (κ2) is 5.01. The van der Waals surface area contributed by atoms with Crippen LogP contribution < -0.4 is 10.5 Å². The highest BCUT2D eigenvalue weighted by atomic mass is 79.9. The first-order valence-corrected chi connectivity index (χ1v) is 5.67. The Bertz CT molecular complexity index is 604. The predicted octanol–water partition coefficient (Wildman–Crippen LogP) is 3.13. The normalized spacial score (nSPS) is 10.1. The second-order valence-electron chi connectivity index (χ2n) is 3.46. The van der Waals surface area contributed by atoms with Gasteiger partial charge in [-0.2, -0.15) is 0 Å². The molecule has 0 aliphatic rings. The van der Waals surface area contributed by atoms with Gasteiger partial charge in [-0.15, -0.1) is 0 Å². The number of nitrogens with two attached hydrogens (primary N) is 1. The highest BCUT2D eigenvalue weighted by Gasteiger charge is 2.10. The van der Waals surface area contributed by atoms with Gasteiger partial charge in [-0.1, -0.05) is 15.9 Å². The fraction of sp³-hybridized carbons (Fsp3) is 0. The van der Waals surface area contributed by atoms with Crippen molar-refractivity contribution in [1.29, 1.82) is 0 Å². The van der Waals surface area contributed by atoms with Gasteiger partial charge in [0.1, 0.15) is 11.5 Å². The minimum absolute atomic E-state index is 0.0590. The molecule has 0 radical (unpaired) electrons. The van der Waals surface area contributed by atoms with Crippen LogP contribution in [0.15, 0.2) is 41.1 Å². The lowest BCUT2D eigenvalue weighted by molar-refractivity contribution is -0.385. The number of nitrogens with zero attached hydrogens (tertiary/aromatic N) is 2. The molecule has 7 heteroatoms. The summed E-state index contributed by atoms with van der Waals surface area (Å²) >= 11 is 3.18. The van der Waals surface area contributed by atoms with Crippen LogP contribution in [0.3, 0.4) is 0 Å². The van der Waals surface area contributed by atoms with Crippen molar-refractivity contribution >= 4 is 27.3 Å². The van der Waals surface area contributed by atoms with Gasteiger partial charge in [0, 0.05) is 16.6 Å². The summed E-state index contributed by atoms with van der Waals surface area (Å²) in [6.07, 6.45) is 2.96. The summed E-state index contributed by atoms with van der Waals surface area (Å²) in [5, 5.41) is 10.7. The van der Waals surface area contributed by atoms with E-state index in [1.54, 1.807) is 12.1 Å². The molecule has 2 aromatic rings. The zero-order valence-electron chi connectivity index (χ0n) is 9.04. The van der Waals surface area contributed by atoms with E-state index >= 15 is 0 Å². The monoisotopic (exact) mass is 309 g/mol. The number of benzene rings is 1. The third-order valence-electron chi connectivity index (χ3n) is 2.04. The van der Waals surface area contributed by atoms with E-state index in [0.717, 1.165) is 0 Å². The van der Waals surface area contributed by atoms with Crippen molar-refractivity contribution in [3.8, 4) is 11.5 Å². The van der Waals surface area contributed by atoms with Crippen LogP contribution in [0.2, 0.25) is 0 Å². The van der Waals surface area contributed by atoms with Gasteiger partial charge in [0.25, 0.3) is 5.69 Å². The number of pyridine rings is 1. The average molecular weight is 310 g/mol. The Hall–Kier alpha value is -2.15. The van der Waals surface area contributed by atoms with Crippen LogP contribution in [0.5, 0.6) is 11.5 Å². The standard InChI is InChI=1S/C11H8BrN3O3/c12-7-1-9(15(16)17)4-10(2-7)18-11-3-8(13)5-14-6-11/h1-6H,13H2. The Balaban J connectivity index is 2.31. The average Bonchev–Trinajstić information content (AvgIpc) is 2.28. The summed E-state index contributed by atoms with van der Waals surface area (Å²) in [6, 6.07) is 5.92. The van der Waals surface area contributed by atoms with Crippen molar-refractivity contribution in [2.24, 2.45) is 0 Å². The first-order valence-electron chi connectivity index (χ1n) is 4.88. The first-order chi connectivity index (χ1) is 8.54. The van der Waals surface area contributed by atoms with E-state index in [1.807, 2.05) is 0 Å². The summed E-state index contributed by atoms with van der Waals surface area (Å²) < 4.78 is 6.01. The summed E-state index contributed by atoms with van der Waals surface area (Å²) in [6.45, 7) is 0. The van der Waals surface area contributed by atoms with Gasteiger partial charge in [-0.25, -0.2) is 0 Å². The van der Waals surface area contributed by atoms with Gasteiger partial charge in [0.15, 0.2) is 0 Å². The SMILES string of the molecule is Nc1cncc(Oc2cc(Br)cc([N+](=O)[O-])c2)c1. The van der Waals surface area contributed by atoms with Crippen LogP contribution in [0.1, 0.15) is 0 Å². The quantitative estimate of drug-likeness (QED) is 0.694. The Morgan fingerprint density at radius 3 is 2.67 bits per heavy atom. The van der Waals surface area contributed by atoms with Crippen LogP contribution in [0.4, 0.5) is 11.4 Å². The molecule has 0 aliphatic heterocycles. The number of non-ortho nitro benzene ring substituents is 1. The number of aromatic nitrogens is 1. The molecule has 92 valence electrons. The molecule has 18 heavy (non-hydrogen) atoms. The molecular weight excluding hydrogens is 302 g/mol. The van der Waals surface area contributed by atoms with Gasteiger partial charge in [-0.05, 0) is 6.07 Å². The number of nitrogen functional groups attached to an aromatic ring is 1. The van der Waals surface area contributed by atoms with Crippen LogP contribution >= 0.6 is 15.9 Å². The molecule has 0 saturated heterocycles. The van der Waals surface area contributed by atoms with Crippen molar-refractivity contribution in [3.63, 3.8) is 0 Å². The smallest absolute Gasteiger partial charge is 0.274 e. The molecule has 0 aliphatic carbocycles. The minimum Gasteiger partial charge on any atom is -0.455 e. The third-order valence-corrected chi connectivity index (χ3v) is 2.49. The number of nitro groups is 1. The highest BCUT2D eigenvalue weighted by Crippen LogP contribution is 2.29. The van der Waals surface area contributed by atoms with E-state index in [0.29, 0.717) is 21.7 Å². The maximum atomic E-state index is 10.7. The van der Waals surface area contributed by atoms with Crippen molar-refractivity contribution < 1.29 is 9.66 Å². The van der Waals surface area contributed by atoms with Crippen molar-refractivity contribution in [3.05, 3.63) is 51.2 Å². The molecule has 1 aromatic carbocycles. The first kappa shape index (κ1) is 12.3. The van der Waals surface area contributed by atoms with E-state index in [9.17, 15) is 10.1 Å². The second-order valence-corrected chi connectivity index (χ2v) is 4.37. The topological polar surface area (TPSA) is 91.3 Å². The Morgan fingerprint density at radius 2 is 2.00 bits per heavy atom. The number of halogens is 1. The van der Waals surface area contributed by atoms with E-state index in [1.165, 1.54) is 24.5 Å². The minimum atomic E-state index is -0.491. The zero-order chi connectivity index (χ0) is 13.1. The van der Waals surface area contributed by atoms with Crippen LogP contribution in [0, 0.1) is 10.1 Å². The lowest BCUT2D eigenvalue weighted by Crippen LogP contribution is -1.92. The van der Waals surface area contributed by atoms with Crippen LogP contribution in [0.25, 0.3) is 0 Å². The molecule has 0 fully saturated rings. The molecule has 1 aromatic heterocycles. The van der Waals surface area contributed by atoms with E-state index in [4.69, 9.17) is 10.5 Å². The number of anilines is 1. The van der Waals surface area contributed by atoms with E-state index in [-0.39, 0.29) is 5.69 Å². The van der Waals surface area contributed by atoms with Gasteiger partial charge >= 0.3 is 0 Å². The molecule has 0 amide bonds. The van der Waals surface area contributed by atoms with Gasteiger partial charge in [-0.3, -0.25) is 15.1 Å². The lowest BCUT2D eigenvalue weighted by atomic mass is 10.3. The number of hydrogen-bond donors (Lipinski definition) is 1. The fourth-order valence-electron chi connectivity index (χ4n) is 1.34. The molecule has 0 atom stereocenters. The molecule has 0 unspecified atom stereocenters. The molecule has 2 rings (SSSR count). The van der Waals surface area contributed by atoms with Gasteiger partial charge in [0.2, 0.25) is 0 Å². The number of ether oxygens (including phenoxy) is 1. The van der Waals surface area contributed by atoms with Crippen LogP contribution in [-0.2, 0) is 0 Å². The summed E-state index contributed by atoms with van der Waals surface area (Å²) in [4.78, 5) is 14.1. The van der Waals surface area contributed by atoms with Crippen molar-refractivity contribution in [1.82, 2.24) is 4.98 Å². The largest absolute Gasteiger partial charge is 0.455 e. The van der Waals surface area contributed by atoms with Crippen LogP contribution in [-0.4, -0.2) is 9.91 Å². The van der Waals surface area contributed by atoms with Gasteiger partial charge in [0.05, 0.1) is 29.1 Å². The molecule has 0 spiro atoms. The number of nitro benzene ring substituents is 1. The van der Waals surface area contributed by atoms with Gasteiger partial charge < -0.3 is 10.5 Å². The molecule has 0 bridgehead atoms. The highest BCUT2D eigenvalue weighted by molar-refractivity contribution is 9.10. The Kier molecular flexibility index (Phi) is 3.42. The molecule has 6 nitrogen and oxygen atoms in total. The Labute approximate surface area is 111 Å². The van der Waals surface area contributed by atoms with Crippen molar-refractivity contribution in [2.45, 2.75) is 0 Å². The molecular formula is C11H8BrN3O3. The van der Waals surface area contributed by atoms with E-state index in [2.05, 4.69) is 20.9 Å². The van der Waals surface area contributed by atoms with Crippen molar-refractivity contribution in [2.75, 3.05) is 5.73 Å². The lowest BCUT2D eigenvalue weighted by Gasteiger charge is -2.06. The predicted molar refractivity (Wildman–Crippen MR) is 69.5 cm³/mol. The number of hydrogen-bond acceptors (Lipinski definition) is 5. The molecule has 2 N–H and O–H groups in total. The summed E-state index contributed by atoms with van der Waals surface area (Å²) in [7, 11) is 0. The molecule has 0 saturated carbocycles. The summed E-state index contributed by atoms with van der Waals surface area (Å²) in [5.41, 5.74) is 5.96. The maximum absolute atomic E-state index is 10.7. The fourth-order valence-corrected chi connectivity index (χ4v) is 1.80. The Morgan fingerprint density at radius 1 is 1.22 bits per heavy atom.